The Morgan fingerprint density at radius 2 is 1.80 bits per heavy atom. The lowest BCUT2D eigenvalue weighted by atomic mass is 9.97. The number of rotatable bonds is 4. The third-order valence-corrected chi connectivity index (χ3v) is 6.66. The van der Waals surface area contributed by atoms with Gasteiger partial charge >= 0.3 is 0 Å². The smallest absolute Gasteiger partial charge is 0.240 e. The highest BCUT2D eigenvalue weighted by Crippen LogP contribution is 2.42. The number of carbonyl (C=O) groups is 1. The lowest BCUT2D eigenvalue weighted by Crippen LogP contribution is -2.38. The molecule has 9 heteroatoms. The summed E-state index contributed by atoms with van der Waals surface area (Å²) in [6.07, 6.45) is 0.581. The van der Waals surface area contributed by atoms with Gasteiger partial charge in [-0.2, -0.15) is 10.2 Å². The van der Waals surface area contributed by atoms with Crippen molar-refractivity contribution in [3.8, 4) is 17.2 Å². The fourth-order valence-corrected chi connectivity index (χ4v) is 5.02. The number of aromatic nitrogens is 2. The van der Waals surface area contributed by atoms with Gasteiger partial charge in [-0.1, -0.05) is 18.2 Å². The highest BCUT2D eigenvalue weighted by Gasteiger charge is 2.38. The van der Waals surface area contributed by atoms with E-state index in [2.05, 4.69) is 4.90 Å². The Morgan fingerprint density at radius 3 is 2.57 bits per heavy atom. The van der Waals surface area contributed by atoms with Crippen molar-refractivity contribution in [1.29, 1.82) is 0 Å². The third kappa shape index (κ3) is 3.81. The number of fused-ring (bicyclic) bond motifs is 1. The van der Waals surface area contributed by atoms with Crippen molar-refractivity contribution in [2.75, 3.05) is 38.0 Å². The molecule has 2 aromatic carbocycles. The summed E-state index contributed by atoms with van der Waals surface area (Å²) in [6.45, 7) is 6.60. The van der Waals surface area contributed by atoms with Crippen LogP contribution in [0.3, 0.4) is 0 Å². The zero-order chi connectivity index (χ0) is 23.9. The lowest BCUT2D eigenvalue weighted by molar-refractivity contribution is -0.130. The minimum Gasteiger partial charge on any atom is -0.454 e. The Labute approximate surface area is 203 Å². The topological polar surface area (TPSA) is 81.4 Å². The first-order chi connectivity index (χ1) is 17.1. The number of amides is 1. The molecule has 1 atom stereocenters. The van der Waals surface area contributed by atoms with Crippen LogP contribution in [0.15, 0.2) is 53.6 Å². The molecular weight excluding hydrogens is 446 g/mol. The van der Waals surface area contributed by atoms with Crippen LogP contribution in [0.25, 0.3) is 5.69 Å². The number of hydrazone groups is 1. The van der Waals surface area contributed by atoms with E-state index in [0.717, 1.165) is 52.9 Å². The van der Waals surface area contributed by atoms with Gasteiger partial charge in [0.15, 0.2) is 11.5 Å². The van der Waals surface area contributed by atoms with Crippen molar-refractivity contribution in [3.63, 3.8) is 0 Å². The average molecular weight is 474 g/mol. The van der Waals surface area contributed by atoms with E-state index in [1.165, 1.54) is 0 Å². The van der Waals surface area contributed by atoms with Crippen LogP contribution in [0.2, 0.25) is 0 Å². The number of ether oxygens (including phenoxy) is 3. The molecule has 9 nitrogen and oxygen atoms in total. The van der Waals surface area contributed by atoms with Gasteiger partial charge in [0.05, 0.1) is 36.3 Å². The molecule has 1 unspecified atom stereocenters. The van der Waals surface area contributed by atoms with Gasteiger partial charge in [-0.25, -0.2) is 9.69 Å². The van der Waals surface area contributed by atoms with E-state index in [9.17, 15) is 4.79 Å². The van der Waals surface area contributed by atoms with E-state index < -0.39 is 0 Å². The van der Waals surface area contributed by atoms with Crippen molar-refractivity contribution in [1.82, 2.24) is 14.8 Å². The molecule has 0 aliphatic carbocycles. The normalized spacial score (nSPS) is 19.3. The second kappa shape index (κ2) is 8.74. The van der Waals surface area contributed by atoms with Gasteiger partial charge in [0.25, 0.3) is 0 Å². The van der Waals surface area contributed by atoms with Crippen LogP contribution in [-0.4, -0.2) is 59.5 Å². The van der Waals surface area contributed by atoms with E-state index in [1.807, 2.05) is 60.1 Å². The lowest BCUT2D eigenvalue weighted by Gasteiger charge is -2.32. The predicted octanol–water partition coefficient (Wildman–Crippen LogP) is 3.44. The summed E-state index contributed by atoms with van der Waals surface area (Å²) in [4.78, 5) is 15.1. The van der Waals surface area contributed by atoms with Gasteiger partial charge in [0.2, 0.25) is 12.7 Å². The minimum atomic E-state index is -0.261. The molecule has 0 N–H and O–H groups in total. The molecule has 0 saturated carbocycles. The molecule has 180 valence electrons. The van der Waals surface area contributed by atoms with Crippen LogP contribution in [0, 0.1) is 6.92 Å². The molecule has 1 amide bonds. The third-order valence-electron chi connectivity index (χ3n) is 6.66. The van der Waals surface area contributed by atoms with Crippen LogP contribution in [-0.2, 0) is 9.53 Å². The van der Waals surface area contributed by atoms with Crippen LogP contribution in [0.1, 0.15) is 36.2 Å². The van der Waals surface area contributed by atoms with Crippen molar-refractivity contribution in [3.05, 3.63) is 65.4 Å². The number of hydrogen-bond acceptors (Lipinski definition) is 7. The Kier molecular flexibility index (Phi) is 5.41. The van der Waals surface area contributed by atoms with E-state index in [4.69, 9.17) is 24.4 Å². The second-order valence-corrected chi connectivity index (χ2v) is 8.87. The Balaban J connectivity index is 1.44. The first-order valence-electron chi connectivity index (χ1n) is 11.8. The molecule has 4 heterocycles. The van der Waals surface area contributed by atoms with E-state index >= 15 is 0 Å². The molecule has 0 spiro atoms. The Morgan fingerprint density at radius 1 is 1.03 bits per heavy atom. The summed E-state index contributed by atoms with van der Waals surface area (Å²) in [6, 6.07) is 15.6. The maximum atomic E-state index is 12.8. The number of nitrogens with zero attached hydrogens (tertiary/aromatic N) is 5. The Hall–Kier alpha value is -3.85. The number of aryl methyl sites for hydroxylation is 1. The number of benzene rings is 2. The van der Waals surface area contributed by atoms with E-state index in [-0.39, 0.29) is 18.7 Å². The molecule has 3 aliphatic heterocycles. The molecule has 3 aromatic rings. The van der Waals surface area contributed by atoms with Crippen LogP contribution < -0.4 is 14.4 Å². The SMILES string of the molecule is CC(=O)N1N=C(c2ccc3c(c2)OCO3)CC1c1c(C)nn(-c2ccccc2)c1N1CCOCC1. The van der Waals surface area contributed by atoms with Crippen LogP contribution in [0.4, 0.5) is 5.82 Å². The van der Waals surface area contributed by atoms with E-state index in [1.54, 1.807) is 11.9 Å². The van der Waals surface area contributed by atoms with Gasteiger partial charge < -0.3 is 19.1 Å². The number of anilines is 1. The summed E-state index contributed by atoms with van der Waals surface area (Å²) in [5.41, 5.74) is 4.64. The fraction of sp³-hybridized carbons (Fsp3) is 0.346. The quantitative estimate of drug-likeness (QED) is 0.578. The standard InChI is InChI=1S/C26H27N5O4/c1-17-25(26(29-10-12-33-13-11-29)31(27-17)20-6-4-3-5-7-20)22-15-21(28-30(22)18(2)32)19-8-9-23-24(14-19)35-16-34-23/h3-9,14,22H,10-13,15-16H2,1-2H3. The molecule has 35 heavy (non-hydrogen) atoms. The first kappa shape index (κ1) is 21.7. The van der Waals surface area contributed by atoms with Crippen molar-refractivity contribution < 1.29 is 19.0 Å². The monoisotopic (exact) mass is 473 g/mol. The average Bonchev–Trinajstić information content (AvgIpc) is 3.61. The molecule has 1 fully saturated rings. The maximum Gasteiger partial charge on any atom is 0.240 e. The second-order valence-electron chi connectivity index (χ2n) is 8.87. The largest absolute Gasteiger partial charge is 0.454 e. The molecule has 1 aromatic heterocycles. The highest BCUT2D eigenvalue weighted by molar-refractivity contribution is 6.03. The van der Waals surface area contributed by atoms with E-state index in [0.29, 0.717) is 25.4 Å². The van der Waals surface area contributed by atoms with Gasteiger partial charge in [-0.3, -0.25) is 4.79 Å². The zero-order valence-corrected chi connectivity index (χ0v) is 19.8. The van der Waals surface area contributed by atoms with Crippen molar-refractivity contribution >= 4 is 17.4 Å². The Bertz CT molecular complexity index is 1300. The van der Waals surface area contributed by atoms with Gasteiger partial charge in [0.1, 0.15) is 5.82 Å². The minimum absolute atomic E-state index is 0.106. The number of carbonyl (C=O) groups excluding carboxylic acids is 1. The molecule has 6 rings (SSSR count). The number of hydrogen-bond donors (Lipinski definition) is 0. The molecule has 0 bridgehead atoms. The van der Waals surface area contributed by atoms with Crippen molar-refractivity contribution in [2.45, 2.75) is 26.3 Å². The number of morpholine rings is 1. The number of para-hydroxylation sites is 1. The molecule has 1 saturated heterocycles. The summed E-state index contributed by atoms with van der Waals surface area (Å²) in [7, 11) is 0. The summed E-state index contributed by atoms with van der Waals surface area (Å²) in [5.74, 6) is 2.31. The van der Waals surface area contributed by atoms with Gasteiger partial charge in [0, 0.05) is 37.6 Å². The van der Waals surface area contributed by atoms with Crippen LogP contribution in [0.5, 0.6) is 11.5 Å². The zero-order valence-electron chi connectivity index (χ0n) is 19.8. The van der Waals surface area contributed by atoms with Crippen molar-refractivity contribution in [2.24, 2.45) is 5.10 Å². The molecular formula is C26H27N5O4. The molecule has 0 radical (unpaired) electrons. The van der Waals surface area contributed by atoms with Gasteiger partial charge in [-0.05, 0) is 37.3 Å². The summed E-state index contributed by atoms with van der Waals surface area (Å²) >= 11 is 0. The first-order valence-corrected chi connectivity index (χ1v) is 11.8. The van der Waals surface area contributed by atoms with Gasteiger partial charge in [-0.15, -0.1) is 0 Å². The fourth-order valence-electron chi connectivity index (χ4n) is 5.02. The summed E-state index contributed by atoms with van der Waals surface area (Å²) < 4.78 is 18.6. The highest BCUT2D eigenvalue weighted by atomic mass is 16.7. The molecule has 3 aliphatic rings. The predicted molar refractivity (Wildman–Crippen MR) is 130 cm³/mol. The van der Waals surface area contributed by atoms with Crippen LogP contribution >= 0.6 is 0 Å². The summed E-state index contributed by atoms with van der Waals surface area (Å²) in [5, 5.41) is 11.3. The maximum absolute atomic E-state index is 12.8.